The monoisotopic (exact) mass is 461 g/mol. The van der Waals surface area contributed by atoms with Gasteiger partial charge in [0.15, 0.2) is 0 Å². The van der Waals surface area contributed by atoms with E-state index in [1.54, 1.807) is 0 Å². The molecule has 4 N–H and O–H groups in total. The molecule has 0 aromatic heterocycles. The van der Waals surface area contributed by atoms with E-state index >= 15 is 0 Å². The Hall–Kier alpha value is -1.78. The SMILES string of the molecule is O=C(O)C(NCP(=O)(O)O)(C(=O)C(F)(F)C(F)(F)F)C(=O)C(F)(F)C(F)(F)F. The van der Waals surface area contributed by atoms with Crippen molar-refractivity contribution in [3.05, 3.63) is 0 Å². The minimum absolute atomic E-state index is 0.207. The number of alkyl halides is 10. The number of aliphatic carboxylic acids is 1. The summed E-state index contributed by atoms with van der Waals surface area (Å²) < 4.78 is 137. The molecule has 0 bridgehead atoms. The van der Waals surface area contributed by atoms with Crippen LogP contribution < -0.4 is 5.32 Å². The van der Waals surface area contributed by atoms with Crippen LogP contribution in [-0.2, 0) is 18.9 Å². The van der Waals surface area contributed by atoms with Crippen LogP contribution >= 0.6 is 7.60 Å². The molecule has 0 aromatic carbocycles. The van der Waals surface area contributed by atoms with Gasteiger partial charge >= 0.3 is 37.8 Å². The second-order valence-corrected chi connectivity index (χ2v) is 6.50. The highest BCUT2D eigenvalue weighted by Crippen LogP contribution is 2.44. The molecule has 0 radical (unpaired) electrons. The summed E-state index contributed by atoms with van der Waals surface area (Å²) in [6, 6.07) is 0. The Balaban J connectivity index is 6.92. The van der Waals surface area contributed by atoms with Crippen molar-refractivity contribution in [1.29, 1.82) is 0 Å². The minimum atomic E-state index is -7.08. The van der Waals surface area contributed by atoms with E-state index < -0.39 is 61.2 Å². The maximum Gasteiger partial charge on any atom is 0.461 e. The lowest BCUT2D eigenvalue weighted by Crippen LogP contribution is -2.74. The molecule has 0 aliphatic carbocycles. The number of carboxylic acid groups (broad SMARTS) is 1. The predicted molar refractivity (Wildman–Crippen MR) is 62.4 cm³/mol. The summed E-state index contributed by atoms with van der Waals surface area (Å²) in [4.78, 5) is 50.8. The Morgan fingerprint density at radius 3 is 1.21 bits per heavy atom. The van der Waals surface area contributed by atoms with E-state index in [2.05, 4.69) is 0 Å². The van der Waals surface area contributed by atoms with Crippen LogP contribution in [0, 0.1) is 0 Å². The Morgan fingerprint density at radius 1 is 0.750 bits per heavy atom. The van der Waals surface area contributed by atoms with Gasteiger partial charge in [-0.1, -0.05) is 0 Å². The first-order valence-corrected chi connectivity index (χ1v) is 7.78. The summed E-state index contributed by atoms with van der Waals surface area (Å²) in [5, 5.41) is 8.87. The molecule has 28 heavy (non-hydrogen) atoms. The molecule has 0 aliphatic heterocycles. The van der Waals surface area contributed by atoms with E-state index in [-0.39, 0.29) is 5.32 Å². The molecule has 8 nitrogen and oxygen atoms in total. The number of Topliss-reactive ketones (excluding diaryl/α,β-unsaturated/α-hetero) is 2. The van der Waals surface area contributed by atoms with Gasteiger partial charge in [-0.2, -0.15) is 43.9 Å². The van der Waals surface area contributed by atoms with Crippen LogP contribution in [-0.4, -0.2) is 68.5 Å². The molecule has 0 aromatic rings. The van der Waals surface area contributed by atoms with Crippen molar-refractivity contribution >= 4 is 25.1 Å². The van der Waals surface area contributed by atoms with Crippen LogP contribution in [0.3, 0.4) is 0 Å². The maximum absolute atomic E-state index is 13.2. The predicted octanol–water partition coefficient (Wildman–Crippen LogP) is 1.07. The molecule has 0 unspecified atom stereocenters. The average Bonchev–Trinajstić information content (AvgIpc) is 2.43. The largest absolute Gasteiger partial charge is 0.479 e. The van der Waals surface area contributed by atoms with Gasteiger partial charge in [-0.15, -0.1) is 0 Å². The maximum atomic E-state index is 13.2. The number of rotatable bonds is 8. The van der Waals surface area contributed by atoms with Gasteiger partial charge in [0.05, 0.1) is 0 Å². The third-order valence-electron chi connectivity index (χ3n) is 2.83. The van der Waals surface area contributed by atoms with Gasteiger partial charge in [-0.05, 0) is 0 Å². The van der Waals surface area contributed by atoms with Crippen molar-refractivity contribution in [1.82, 2.24) is 5.32 Å². The lowest BCUT2D eigenvalue weighted by molar-refractivity contribution is -0.278. The zero-order chi connectivity index (χ0) is 23.1. The summed E-state index contributed by atoms with van der Waals surface area (Å²) >= 11 is 0. The smallest absolute Gasteiger partial charge is 0.461 e. The van der Waals surface area contributed by atoms with Crippen LogP contribution in [0.15, 0.2) is 0 Å². The zero-order valence-corrected chi connectivity index (χ0v) is 13.3. The molecule has 0 amide bonds. The lowest BCUT2D eigenvalue weighted by Gasteiger charge is -2.34. The summed E-state index contributed by atoms with van der Waals surface area (Å²) in [6.07, 6.45) is -16.7. The molecule has 0 fully saturated rings. The molecular formula is C9H6F10NO7P. The Labute approximate surface area is 145 Å². The van der Waals surface area contributed by atoms with Gasteiger partial charge in [0.2, 0.25) is 5.54 Å². The highest BCUT2D eigenvalue weighted by atomic mass is 31.2. The van der Waals surface area contributed by atoms with Crippen molar-refractivity contribution < 1.29 is 77.7 Å². The van der Waals surface area contributed by atoms with Crippen molar-refractivity contribution in [2.45, 2.75) is 29.7 Å². The number of ketones is 2. The second-order valence-electron chi connectivity index (χ2n) is 4.86. The van der Waals surface area contributed by atoms with Gasteiger partial charge in [0.1, 0.15) is 6.29 Å². The number of halogens is 10. The van der Waals surface area contributed by atoms with Crippen LogP contribution in [0.5, 0.6) is 0 Å². The number of carboxylic acids is 1. The highest BCUT2D eigenvalue weighted by molar-refractivity contribution is 7.51. The summed E-state index contributed by atoms with van der Waals surface area (Å²) in [7, 11) is -5.80. The quantitative estimate of drug-likeness (QED) is 0.239. The topological polar surface area (TPSA) is 141 Å². The van der Waals surface area contributed by atoms with Gasteiger partial charge in [-0.3, -0.25) is 19.5 Å². The van der Waals surface area contributed by atoms with Gasteiger partial charge in [0.25, 0.3) is 11.6 Å². The van der Waals surface area contributed by atoms with Crippen molar-refractivity contribution in [3.8, 4) is 0 Å². The zero-order valence-electron chi connectivity index (χ0n) is 12.4. The fourth-order valence-electron chi connectivity index (χ4n) is 1.48. The van der Waals surface area contributed by atoms with Crippen molar-refractivity contribution in [2.75, 3.05) is 6.29 Å². The number of nitrogens with one attached hydrogen (secondary N) is 1. The Kier molecular flexibility index (Phi) is 6.77. The molecule has 19 heteroatoms. The van der Waals surface area contributed by atoms with Crippen molar-refractivity contribution in [3.63, 3.8) is 0 Å². The average molecular weight is 461 g/mol. The standard InChI is InChI=1S/C9H6F10NO7P/c10-6(11,8(14,15)16)2(21)5(4(23)24,20-1-28(25,26)27)3(22)7(12,13)9(17,18)19/h20H,1H2,(H,23,24)(H2,25,26,27). The molecule has 0 rings (SSSR count). The van der Waals surface area contributed by atoms with E-state index in [1.165, 1.54) is 0 Å². The number of carbonyl (C=O) groups excluding carboxylic acids is 2. The van der Waals surface area contributed by atoms with E-state index in [9.17, 15) is 62.9 Å². The van der Waals surface area contributed by atoms with Crippen LogP contribution in [0.25, 0.3) is 0 Å². The first-order valence-electron chi connectivity index (χ1n) is 5.98. The van der Waals surface area contributed by atoms with Crippen LogP contribution in [0.4, 0.5) is 43.9 Å². The number of carbonyl (C=O) groups is 3. The Morgan fingerprint density at radius 2 is 1.04 bits per heavy atom. The fourth-order valence-corrected chi connectivity index (χ4v) is 1.93. The molecular weight excluding hydrogens is 455 g/mol. The fraction of sp³-hybridized carbons (Fsp3) is 0.667. The van der Waals surface area contributed by atoms with Gasteiger partial charge in [-0.25, -0.2) is 4.79 Å². The normalized spacial score (nSPS) is 14.7. The molecule has 0 atom stereocenters. The molecule has 164 valence electrons. The second kappa shape index (κ2) is 7.23. The summed E-state index contributed by atoms with van der Waals surface area (Å²) in [6.45, 7) is 0. The van der Waals surface area contributed by atoms with Gasteiger partial charge < -0.3 is 14.9 Å². The molecule has 0 aliphatic rings. The van der Waals surface area contributed by atoms with E-state index in [0.29, 0.717) is 0 Å². The van der Waals surface area contributed by atoms with E-state index in [0.717, 1.165) is 0 Å². The molecule has 0 spiro atoms. The third kappa shape index (κ3) is 4.61. The van der Waals surface area contributed by atoms with Crippen molar-refractivity contribution in [2.24, 2.45) is 0 Å². The van der Waals surface area contributed by atoms with Crippen LogP contribution in [0.2, 0.25) is 0 Å². The molecule has 0 saturated carbocycles. The molecule has 0 saturated heterocycles. The summed E-state index contributed by atoms with van der Waals surface area (Å²) in [5.74, 6) is -26.5. The van der Waals surface area contributed by atoms with Crippen LogP contribution in [0.1, 0.15) is 0 Å². The summed E-state index contributed by atoms with van der Waals surface area (Å²) in [5.41, 5.74) is -5.74. The first-order chi connectivity index (χ1) is 12.0. The minimum Gasteiger partial charge on any atom is -0.479 e. The number of hydrogen-bond acceptors (Lipinski definition) is 5. The van der Waals surface area contributed by atoms with Gasteiger partial charge in [0, 0.05) is 0 Å². The Bertz CT molecular complexity index is 671. The third-order valence-corrected chi connectivity index (χ3v) is 3.40. The van der Waals surface area contributed by atoms with E-state index in [4.69, 9.17) is 14.9 Å². The lowest BCUT2D eigenvalue weighted by atomic mass is 9.82. The van der Waals surface area contributed by atoms with E-state index in [1.807, 2.05) is 0 Å². The molecule has 0 heterocycles. The highest BCUT2D eigenvalue weighted by Gasteiger charge is 2.78. The number of hydrogen-bond donors (Lipinski definition) is 4. The first kappa shape index (κ1) is 26.2.